The number of anilines is 2. The number of phenolic OH excluding ortho intramolecular Hbond substituents is 2. The van der Waals surface area contributed by atoms with Crippen molar-refractivity contribution in [1.82, 2.24) is 0 Å². The van der Waals surface area contributed by atoms with Crippen LogP contribution in [0.2, 0.25) is 0 Å². The molecule has 0 aliphatic carbocycles. The second-order valence-corrected chi connectivity index (χ2v) is 6.34. The van der Waals surface area contributed by atoms with Gasteiger partial charge in [0.05, 0.1) is 12.3 Å². The zero-order chi connectivity index (χ0) is 19.7. The highest BCUT2D eigenvalue weighted by Gasteiger charge is 2.27. The number of benzene rings is 4. The first-order valence-corrected chi connectivity index (χ1v) is 9.00. The van der Waals surface area contributed by atoms with E-state index in [1.54, 1.807) is 37.3 Å². The normalized spacial score (nSPS) is 10.9. The van der Waals surface area contributed by atoms with Crippen molar-refractivity contribution in [2.75, 3.05) is 11.5 Å². The number of amides is 1. The van der Waals surface area contributed by atoms with E-state index in [1.807, 2.05) is 36.4 Å². The summed E-state index contributed by atoms with van der Waals surface area (Å²) in [6, 6.07) is 21.6. The molecule has 5 nitrogen and oxygen atoms in total. The van der Waals surface area contributed by atoms with Gasteiger partial charge in [0.25, 0.3) is 0 Å². The average molecular weight is 373 g/mol. The molecule has 1 amide bonds. The molecule has 0 aliphatic heterocycles. The van der Waals surface area contributed by atoms with Crippen molar-refractivity contribution in [2.45, 2.75) is 6.92 Å². The van der Waals surface area contributed by atoms with Gasteiger partial charge >= 0.3 is 6.09 Å². The standard InChI is InChI=1S/C23H19NO4/c1-2-28-23(27)24(19-13-7-9-15-8-3-4-10-16(15)19)22-18-12-6-5-11-17(18)20(25)14-21(22)26/h3-14,25-26H,2H2,1H3. The number of aromatic hydroxyl groups is 2. The van der Waals surface area contributed by atoms with Crippen molar-refractivity contribution in [3.63, 3.8) is 0 Å². The molecule has 0 aliphatic rings. The summed E-state index contributed by atoms with van der Waals surface area (Å²) >= 11 is 0. The number of hydrogen-bond acceptors (Lipinski definition) is 4. The highest BCUT2D eigenvalue weighted by atomic mass is 16.6. The topological polar surface area (TPSA) is 70.0 Å². The molecular weight excluding hydrogens is 354 g/mol. The second kappa shape index (κ2) is 7.12. The molecule has 0 heterocycles. The van der Waals surface area contributed by atoms with Crippen LogP contribution >= 0.6 is 0 Å². The van der Waals surface area contributed by atoms with E-state index in [1.165, 1.54) is 11.0 Å². The van der Waals surface area contributed by atoms with Crippen molar-refractivity contribution >= 4 is 39.0 Å². The maximum Gasteiger partial charge on any atom is 0.419 e. The maximum absolute atomic E-state index is 13.0. The second-order valence-electron chi connectivity index (χ2n) is 6.34. The molecule has 4 aromatic rings. The van der Waals surface area contributed by atoms with Crippen molar-refractivity contribution in [3.05, 3.63) is 72.8 Å². The van der Waals surface area contributed by atoms with Crippen LogP contribution in [0.25, 0.3) is 21.5 Å². The van der Waals surface area contributed by atoms with E-state index in [0.29, 0.717) is 16.5 Å². The van der Waals surface area contributed by atoms with Gasteiger partial charge < -0.3 is 14.9 Å². The summed E-state index contributed by atoms with van der Waals surface area (Å²) < 4.78 is 5.31. The summed E-state index contributed by atoms with van der Waals surface area (Å²) in [6.07, 6.45) is -0.606. The summed E-state index contributed by atoms with van der Waals surface area (Å²) in [6.45, 7) is 1.92. The summed E-state index contributed by atoms with van der Waals surface area (Å²) in [5.74, 6) is -0.268. The molecule has 4 rings (SSSR count). The van der Waals surface area contributed by atoms with Gasteiger partial charge in [0.1, 0.15) is 17.2 Å². The SMILES string of the molecule is CCOC(=O)N(c1cccc2ccccc12)c1c(O)cc(O)c2ccccc12. The lowest BCUT2D eigenvalue weighted by Gasteiger charge is -2.26. The fraction of sp³-hybridized carbons (Fsp3) is 0.0870. The molecule has 0 spiro atoms. The van der Waals surface area contributed by atoms with Crippen LogP contribution in [-0.2, 0) is 4.74 Å². The van der Waals surface area contributed by atoms with E-state index in [0.717, 1.165) is 10.8 Å². The zero-order valence-corrected chi connectivity index (χ0v) is 15.3. The zero-order valence-electron chi connectivity index (χ0n) is 15.3. The number of nitrogens with zero attached hydrogens (tertiary/aromatic N) is 1. The number of hydrogen-bond donors (Lipinski definition) is 2. The number of fused-ring (bicyclic) bond motifs is 2. The van der Waals surface area contributed by atoms with Gasteiger partial charge in [-0.25, -0.2) is 9.69 Å². The van der Waals surface area contributed by atoms with E-state index >= 15 is 0 Å². The molecule has 0 aromatic heterocycles. The smallest absolute Gasteiger partial charge is 0.419 e. The highest BCUT2D eigenvalue weighted by Crippen LogP contribution is 2.45. The molecule has 0 saturated carbocycles. The Kier molecular flexibility index (Phi) is 4.49. The first-order chi connectivity index (χ1) is 13.6. The Morgan fingerprint density at radius 1 is 0.857 bits per heavy atom. The van der Waals surface area contributed by atoms with Gasteiger partial charge in [-0.3, -0.25) is 0 Å². The number of carbonyl (C=O) groups is 1. The molecule has 2 N–H and O–H groups in total. The van der Waals surface area contributed by atoms with Crippen LogP contribution in [0.4, 0.5) is 16.2 Å². The maximum atomic E-state index is 13.0. The van der Waals surface area contributed by atoms with Crippen LogP contribution in [0.3, 0.4) is 0 Å². The minimum atomic E-state index is -0.606. The number of phenols is 2. The lowest BCUT2D eigenvalue weighted by atomic mass is 10.0. The number of ether oxygens (including phenoxy) is 1. The van der Waals surface area contributed by atoms with E-state index in [9.17, 15) is 15.0 Å². The average Bonchev–Trinajstić information content (AvgIpc) is 2.71. The van der Waals surface area contributed by atoms with Gasteiger partial charge in [0.15, 0.2) is 0 Å². The minimum absolute atomic E-state index is 0.0569. The lowest BCUT2D eigenvalue weighted by Crippen LogP contribution is -2.27. The van der Waals surface area contributed by atoms with Crippen molar-refractivity contribution in [3.8, 4) is 11.5 Å². The molecule has 0 unspecified atom stereocenters. The Morgan fingerprint density at radius 2 is 1.50 bits per heavy atom. The van der Waals surface area contributed by atoms with E-state index in [-0.39, 0.29) is 23.8 Å². The van der Waals surface area contributed by atoms with E-state index in [4.69, 9.17) is 4.74 Å². The molecule has 140 valence electrons. The number of rotatable bonds is 3. The summed E-state index contributed by atoms with van der Waals surface area (Å²) in [4.78, 5) is 14.4. The summed E-state index contributed by atoms with van der Waals surface area (Å²) in [5.41, 5.74) is 0.853. The van der Waals surface area contributed by atoms with Crippen LogP contribution < -0.4 is 4.90 Å². The Morgan fingerprint density at radius 3 is 2.25 bits per heavy atom. The molecule has 4 aromatic carbocycles. The molecule has 0 saturated heterocycles. The Labute approximate surface area is 162 Å². The largest absolute Gasteiger partial charge is 0.507 e. The third-order valence-electron chi connectivity index (χ3n) is 4.66. The van der Waals surface area contributed by atoms with Gasteiger partial charge in [-0.15, -0.1) is 0 Å². The predicted molar refractivity (Wildman–Crippen MR) is 110 cm³/mol. The van der Waals surface area contributed by atoms with Crippen molar-refractivity contribution in [2.24, 2.45) is 0 Å². The molecule has 5 heteroatoms. The molecule has 0 radical (unpaired) electrons. The van der Waals surface area contributed by atoms with Crippen LogP contribution in [0.5, 0.6) is 11.5 Å². The quantitative estimate of drug-likeness (QED) is 0.483. The molecular formula is C23H19NO4. The van der Waals surface area contributed by atoms with Crippen molar-refractivity contribution in [1.29, 1.82) is 0 Å². The van der Waals surface area contributed by atoms with Gasteiger partial charge in [-0.1, -0.05) is 60.7 Å². The summed E-state index contributed by atoms with van der Waals surface area (Å²) in [7, 11) is 0. The first kappa shape index (κ1) is 17.7. The number of carbonyl (C=O) groups excluding carboxylic acids is 1. The van der Waals surface area contributed by atoms with Gasteiger partial charge in [-0.2, -0.15) is 0 Å². The monoisotopic (exact) mass is 373 g/mol. The fourth-order valence-electron chi connectivity index (χ4n) is 3.46. The van der Waals surface area contributed by atoms with Crippen LogP contribution in [0.1, 0.15) is 6.92 Å². The highest BCUT2D eigenvalue weighted by molar-refractivity contribution is 6.13. The minimum Gasteiger partial charge on any atom is -0.507 e. The fourth-order valence-corrected chi connectivity index (χ4v) is 3.46. The molecule has 0 bridgehead atoms. The van der Waals surface area contributed by atoms with E-state index < -0.39 is 6.09 Å². The Bertz CT molecular complexity index is 1180. The lowest BCUT2D eigenvalue weighted by molar-refractivity contribution is 0.162. The van der Waals surface area contributed by atoms with Gasteiger partial charge in [0, 0.05) is 22.2 Å². The summed E-state index contributed by atoms with van der Waals surface area (Å²) in [5, 5.41) is 23.8. The first-order valence-electron chi connectivity index (χ1n) is 9.00. The Balaban J connectivity index is 2.07. The van der Waals surface area contributed by atoms with Crippen LogP contribution in [0, 0.1) is 0 Å². The van der Waals surface area contributed by atoms with E-state index in [2.05, 4.69) is 0 Å². The molecule has 0 atom stereocenters. The van der Waals surface area contributed by atoms with Crippen molar-refractivity contribution < 1.29 is 19.7 Å². The third kappa shape index (κ3) is 2.87. The molecule has 28 heavy (non-hydrogen) atoms. The van der Waals surface area contributed by atoms with Gasteiger partial charge in [0.2, 0.25) is 0 Å². The third-order valence-corrected chi connectivity index (χ3v) is 4.66. The Hall–Kier alpha value is -3.73. The predicted octanol–water partition coefficient (Wildman–Crippen LogP) is 5.70. The van der Waals surface area contributed by atoms with Crippen LogP contribution in [-0.4, -0.2) is 22.9 Å². The van der Waals surface area contributed by atoms with Crippen LogP contribution in [0.15, 0.2) is 72.8 Å². The van der Waals surface area contributed by atoms with Gasteiger partial charge in [-0.05, 0) is 18.4 Å². The molecule has 0 fully saturated rings.